The minimum atomic E-state index is -1.01. The number of nitrogens with zero attached hydrogens (tertiary/aromatic N) is 2. The van der Waals surface area contributed by atoms with E-state index >= 15 is 0 Å². The van der Waals surface area contributed by atoms with Gasteiger partial charge in [-0.25, -0.2) is 9.48 Å². The van der Waals surface area contributed by atoms with Crippen molar-refractivity contribution in [1.29, 1.82) is 0 Å². The van der Waals surface area contributed by atoms with Gasteiger partial charge in [0.1, 0.15) is 0 Å². The highest BCUT2D eigenvalue weighted by Crippen LogP contribution is 2.53. The maximum Gasteiger partial charge on any atom is 0.337 e. The Morgan fingerprint density at radius 1 is 1.00 bits per heavy atom. The van der Waals surface area contributed by atoms with Crippen LogP contribution in [0.3, 0.4) is 0 Å². The summed E-state index contributed by atoms with van der Waals surface area (Å²) in [4.78, 5) is 25.3. The number of para-hydroxylation sites is 1. The smallest absolute Gasteiger partial charge is 0.337 e. The molecule has 1 aromatic heterocycles. The number of hydrogen-bond acceptors (Lipinski definition) is 3. The van der Waals surface area contributed by atoms with E-state index in [1.807, 2.05) is 20.8 Å². The Labute approximate surface area is 183 Å². The average molecular weight is 422 g/mol. The van der Waals surface area contributed by atoms with Crippen molar-refractivity contribution in [3.05, 3.63) is 47.3 Å². The third-order valence-electron chi connectivity index (χ3n) is 7.61. The molecule has 164 valence electrons. The molecule has 0 radical (unpaired) electrons. The second-order valence-electron chi connectivity index (χ2n) is 10.8. The van der Waals surface area contributed by atoms with E-state index < -0.39 is 11.4 Å². The summed E-state index contributed by atoms with van der Waals surface area (Å²) in [5.74, 6) is 1.82. The third-order valence-corrected chi connectivity index (χ3v) is 7.61. The van der Waals surface area contributed by atoms with Crippen LogP contribution in [-0.2, 0) is 5.41 Å². The van der Waals surface area contributed by atoms with E-state index in [1.54, 1.807) is 35.1 Å². The highest BCUT2D eigenvalue weighted by atomic mass is 16.4. The van der Waals surface area contributed by atoms with Gasteiger partial charge in [-0.3, -0.25) is 4.79 Å². The van der Waals surface area contributed by atoms with Gasteiger partial charge in [0.05, 0.1) is 28.7 Å². The quantitative estimate of drug-likeness (QED) is 0.765. The molecule has 1 amide bonds. The van der Waals surface area contributed by atoms with Crippen molar-refractivity contribution >= 4 is 11.9 Å². The van der Waals surface area contributed by atoms with Crippen molar-refractivity contribution in [2.24, 2.45) is 23.7 Å². The highest BCUT2D eigenvalue weighted by molar-refractivity contribution is 5.96. The molecule has 2 N–H and O–H groups in total. The molecule has 4 aliphatic carbocycles. The molecule has 4 fully saturated rings. The summed E-state index contributed by atoms with van der Waals surface area (Å²) in [5.41, 5.74) is 1.54. The first-order chi connectivity index (χ1) is 14.7. The number of hydrogen-bond donors (Lipinski definition) is 2. The van der Waals surface area contributed by atoms with Gasteiger partial charge in [0, 0.05) is 11.5 Å². The molecule has 4 aliphatic rings. The molecule has 6 heteroatoms. The fraction of sp³-hybridized carbons (Fsp3) is 0.560. The van der Waals surface area contributed by atoms with E-state index in [-0.39, 0.29) is 17.5 Å². The van der Waals surface area contributed by atoms with Gasteiger partial charge in [-0.1, -0.05) is 32.9 Å². The van der Waals surface area contributed by atoms with Gasteiger partial charge in [-0.15, -0.1) is 0 Å². The van der Waals surface area contributed by atoms with Gasteiger partial charge in [-0.2, -0.15) is 5.10 Å². The van der Waals surface area contributed by atoms with Crippen LogP contribution in [0.5, 0.6) is 0 Å². The van der Waals surface area contributed by atoms with Gasteiger partial charge in [0.2, 0.25) is 0 Å². The second kappa shape index (κ2) is 7.21. The van der Waals surface area contributed by atoms with Crippen molar-refractivity contribution in [1.82, 2.24) is 15.1 Å². The molecule has 0 aliphatic heterocycles. The van der Waals surface area contributed by atoms with Crippen LogP contribution in [0.1, 0.15) is 79.3 Å². The van der Waals surface area contributed by atoms with Crippen LogP contribution in [0.2, 0.25) is 0 Å². The number of carboxylic acids is 1. The fourth-order valence-electron chi connectivity index (χ4n) is 6.65. The molecule has 2 aromatic rings. The number of aromatic carboxylic acids is 1. The van der Waals surface area contributed by atoms with Crippen molar-refractivity contribution in [2.75, 3.05) is 0 Å². The van der Waals surface area contributed by atoms with Crippen LogP contribution in [0, 0.1) is 23.7 Å². The van der Waals surface area contributed by atoms with Crippen molar-refractivity contribution in [3.63, 3.8) is 0 Å². The van der Waals surface area contributed by atoms with Gasteiger partial charge in [0.25, 0.3) is 5.91 Å². The van der Waals surface area contributed by atoms with E-state index in [0.717, 1.165) is 17.5 Å². The number of carbonyl (C=O) groups excluding carboxylic acids is 1. The summed E-state index contributed by atoms with van der Waals surface area (Å²) in [6.45, 7) is 6.09. The van der Waals surface area contributed by atoms with Crippen molar-refractivity contribution in [2.45, 2.75) is 64.3 Å². The number of rotatable bonds is 4. The minimum Gasteiger partial charge on any atom is -0.478 e. The number of amides is 1. The number of nitrogens with one attached hydrogen (secondary N) is 1. The molecule has 4 bridgehead atoms. The van der Waals surface area contributed by atoms with Crippen molar-refractivity contribution < 1.29 is 14.7 Å². The molecular weight excluding hydrogens is 390 g/mol. The van der Waals surface area contributed by atoms with E-state index in [1.165, 1.54) is 32.1 Å². The summed E-state index contributed by atoms with van der Waals surface area (Å²) in [7, 11) is 0. The lowest BCUT2D eigenvalue weighted by Crippen LogP contribution is -2.55. The molecule has 4 saturated carbocycles. The van der Waals surface area contributed by atoms with Gasteiger partial charge < -0.3 is 10.4 Å². The van der Waals surface area contributed by atoms with Gasteiger partial charge >= 0.3 is 5.97 Å². The van der Waals surface area contributed by atoms with Crippen LogP contribution >= 0.6 is 0 Å². The molecule has 0 saturated heterocycles. The van der Waals surface area contributed by atoms with E-state index in [4.69, 9.17) is 0 Å². The van der Waals surface area contributed by atoms with Crippen LogP contribution in [-0.4, -0.2) is 32.8 Å². The summed E-state index contributed by atoms with van der Waals surface area (Å²) >= 11 is 0. The largest absolute Gasteiger partial charge is 0.478 e. The van der Waals surface area contributed by atoms with Gasteiger partial charge in [0.15, 0.2) is 0 Å². The normalized spacial score (nSPS) is 29.2. The minimum absolute atomic E-state index is 0.0820. The Morgan fingerprint density at radius 2 is 1.61 bits per heavy atom. The first-order valence-electron chi connectivity index (χ1n) is 11.4. The number of carbonyl (C=O) groups is 2. The first-order valence-corrected chi connectivity index (χ1v) is 11.4. The zero-order chi connectivity index (χ0) is 21.9. The van der Waals surface area contributed by atoms with E-state index in [2.05, 4.69) is 10.4 Å². The highest BCUT2D eigenvalue weighted by Gasteiger charge is 2.49. The van der Waals surface area contributed by atoms with Gasteiger partial charge in [-0.05, 0) is 67.9 Å². The topological polar surface area (TPSA) is 84.2 Å². The molecule has 1 aromatic carbocycles. The maximum atomic E-state index is 13.5. The Morgan fingerprint density at radius 3 is 2.19 bits per heavy atom. The van der Waals surface area contributed by atoms with Crippen LogP contribution in [0.25, 0.3) is 5.69 Å². The SMILES string of the molecule is CC(C)(C)c1c(C(=O)NC2C3CC4CC(C3)CC2C4)cnn1-c1ccccc1C(=O)O. The number of carboxylic acid groups (broad SMARTS) is 1. The average Bonchev–Trinajstić information content (AvgIpc) is 3.16. The maximum absolute atomic E-state index is 13.5. The molecule has 31 heavy (non-hydrogen) atoms. The summed E-state index contributed by atoms with van der Waals surface area (Å²) in [6.07, 6.45) is 7.97. The van der Waals surface area contributed by atoms with Crippen LogP contribution in [0.15, 0.2) is 30.5 Å². The third kappa shape index (κ3) is 3.46. The summed E-state index contributed by atoms with van der Waals surface area (Å²) in [6, 6.07) is 7.06. The Balaban J connectivity index is 1.49. The van der Waals surface area contributed by atoms with Crippen molar-refractivity contribution in [3.8, 4) is 5.69 Å². The first kappa shape index (κ1) is 20.3. The monoisotopic (exact) mass is 421 g/mol. The molecule has 1 heterocycles. The fourth-order valence-corrected chi connectivity index (χ4v) is 6.65. The predicted molar refractivity (Wildman–Crippen MR) is 118 cm³/mol. The molecule has 6 nitrogen and oxygen atoms in total. The lowest BCUT2D eigenvalue weighted by Gasteiger charge is -2.54. The standard InChI is InChI=1S/C25H31N3O3/c1-25(2,3)22-19(13-26-28(22)20-7-5-4-6-18(20)24(30)31)23(29)27-21-16-9-14-8-15(11-16)12-17(21)10-14/h4-7,13-17,21H,8-12H2,1-3H3,(H,27,29)(H,30,31). The summed E-state index contributed by atoms with van der Waals surface area (Å²) < 4.78 is 1.63. The zero-order valence-corrected chi connectivity index (χ0v) is 18.5. The number of aromatic nitrogens is 2. The molecule has 6 rings (SSSR count). The Bertz CT molecular complexity index is 1000. The zero-order valence-electron chi connectivity index (χ0n) is 18.5. The predicted octanol–water partition coefficient (Wildman–Crippen LogP) is 4.42. The Kier molecular flexibility index (Phi) is 4.72. The number of benzene rings is 1. The molecule has 0 unspecified atom stereocenters. The van der Waals surface area contributed by atoms with E-state index in [0.29, 0.717) is 23.1 Å². The van der Waals surface area contributed by atoms with Crippen LogP contribution in [0.4, 0.5) is 0 Å². The lowest BCUT2D eigenvalue weighted by atomic mass is 9.54. The molecule has 0 atom stereocenters. The molecule has 0 spiro atoms. The lowest BCUT2D eigenvalue weighted by molar-refractivity contribution is -0.0119. The second-order valence-corrected chi connectivity index (χ2v) is 10.8. The molecular formula is C25H31N3O3. The van der Waals surface area contributed by atoms with Crippen LogP contribution < -0.4 is 5.32 Å². The van der Waals surface area contributed by atoms with E-state index in [9.17, 15) is 14.7 Å². The Hall–Kier alpha value is -2.63. The summed E-state index contributed by atoms with van der Waals surface area (Å²) in [5, 5.41) is 17.5.